The Hall–Kier alpha value is -2.90. The number of hydrogen-bond acceptors (Lipinski definition) is 4. The number of nitrogens with zero attached hydrogens (tertiary/aromatic N) is 4. The highest BCUT2D eigenvalue weighted by Crippen LogP contribution is 2.16. The molecule has 138 valence electrons. The Morgan fingerprint density at radius 3 is 2.77 bits per heavy atom. The van der Waals surface area contributed by atoms with Gasteiger partial charge in [0, 0.05) is 37.7 Å². The van der Waals surface area contributed by atoms with Gasteiger partial charge in [-0.1, -0.05) is 6.07 Å². The highest BCUT2D eigenvalue weighted by molar-refractivity contribution is 5.76. The predicted molar refractivity (Wildman–Crippen MR) is 93.7 cm³/mol. The topological polar surface area (TPSA) is 97.4 Å². The van der Waals surface area contributed by atoms with E-state index in [1.807, 2.05) is 23.7 Å². The Kier molecular flexibility index (Phi) is 5.20. The lowest BCUT2D eigenvalue weighted by molar-refractivity contribution is -0.137. The molecule has 1 N–H and O–H groups in total. The van der Waals surface area contributed by atoms with Crippen LogP contribution < -0.4 is 5.56 Å². The molecule has 3 rings (SSSR count). The molecule has 0 atom stereocenters. The van der Waals surface area contributed by atoms with Gasteiger partial charge in [0.05, 0.1) is 30.9 Å². The molecule has 0 aliphatic carbocycles. The van der Waals surface area contributed by atoms with Crippen LogP contribution in [0.3, 0.4) is 0 Å². The summed E-state index contributed by atoms with van der Waals surface area (Å²) in [5.74, 6) is -0.848. The van der Waals surface area contributed by atoms with Crippen molar-refractivity contribution < 1.29 is 14.7 Å². The third kappa shape index (κ3) is 4.01. The molecule has 2 aromatic rings. The molecule has 1 aliphatic heterocycles. The first-order chi connectivity index (χ1) is 12.4. The molecule has 1 amide bonds. The van der Waals surface area contributed by atoms with Crippen LogP contribution in [0.1, 0.15) is 29.9 Å². The number of carbonyl (C=O) groups excluding carboxylic acids is 1. The smallest absolute Gasteiger partial charge is 0.303 e. The summed E-state index contributed by atoms with van der Waals surface area (Å²) in [5.41, 5.74) is 2.39. The van der Waals surface area contributed by atoms with Crippen molar-refractivity contribution in [2.24, 2.45) is 0 Å². The number of carboxylic acids is 1. The highest BCUT2D eigenvalue weighted by Gasteiger charge is 2.22. The van der Waals surface area contributed by atoms with E-state index in [-0.39, 0.29) is 24.3 Å². The third-order valence-electron chi connectivity index (χ3n) is 4.61. The number of aliphatic carboxylic acids is 1. The fraction of sp³-hybridized carbons (Fsp3) is 0.444. The van der Waals surface area contributed by atoms with Crippen molar-refractivity contribution in [2.75, 3.05) is 6.54 Å². The van der Waals surface area contributed by atoms with Gasteiger partial charge in [-0.3, -0.25) is 19.1 Å². The summed E-state index contributed by atoms with van der Waals surface area (Å²) >= 11 is 0. The van der Waals surface area contributed by atoms with Crippen LogP contribution in [-0.4, -0.2) is 42.8 Å². The van der Waals surface area contributed by atoms with Crippen LogP contribution in [0.25, 0.3) is 0 Å². The van der Waals surface area contributed by atoms with Crippen LogP contribution in [-0.2, 0) is 35.6 Å². The fourth-order valence-corrected chi connectivity index (χ4v) is 3.17. The van der Waals surface area contributed by atoms with Gasteiger partial charge >= 0.3 is 5.97 Å². The molecule has 1 aliphatic rings. The van der Waals surface area contributed by atoms with Gasteiger partial charge in [-0.15, -0.1) is 0 Å². The summed E-state index contributed by atoms with van der Waals surface area (Å²) in [6, 6.07) is 6.93. The number of amides is 1. The molecule has 0 unspecified atom stereocenters. The maximum atomic E-state index is 12.5. The molecule has 8 nitrogen and oxygen atoms in total. The second-order valence-electron chi connectivity index (χ2n) is 6.47. The van der Waals surface area contributed by atoms with E-state index in [1.165, 1.54) is 6.07 Å². The van der Waals surface area contributed by atoms with Crippen molar-refractivity contribution >= 4 is 11.9 Å². The normalized spacial score (nSPS) is 13.5. The van der Waals surface area contributed by atoms with E-state index in [2.05, 4.69) is 5.10 Å². The maximum absolute atomic E-state index is 12.5. The van der Waals surface area contributed by atoms with E-state index in [0.29, 0.717) is 32.6 Å². The molecule has 8 heteroatoms. The van der Waals surface area contributed by atoms with Gasteiger partial charge < -0.3 is 14.6 Å². The van der Waals surface area contributed by atoms with Crippen molar-refractivity contribution in [3.05, 3.63) is 51.7 Å². The largest absolute Gasteiger partial charge is 0.481 e. The molecule has 26 heavy (non-hydrogen) atoms. The summed E-state index contributed by atoms with van der Waals surface area (Å²) in [6.45, 7) is 3.84. The Balaban J connectivity index is 1.60. The Bertz CT molecular complexity index is 884. The molecule has 0 saturated carbocycles. The molecule has 0 spiro atoms. The highest BCUT2D eigenvalue weighted by atomic mass is 16.4. The predicted octanol–water partition coefficient (Wildman–Crippen LogP) is 0.803. The number of pyridine rings is 1. The van der Waals surface area contributed by atoms with Crippen molar-refractivity contribution in [1.29, 1.82) is 0 Å². The third-order valence-corrected chi connectivity index (χ3v) is 4.61. The second-order valence-corrected chi connectivity index (χ2v) is 6.47. The van der Waals surface area contributed by atoms with Gasteiger partial charge in [-0.25, -0.2) is 0 Å². The molecule has 3 heterocycles. The van der Waals surface area contributed by atoms with E-state index in [0.717, 1.165) is 17.1 Å². The van der Waals surface area contributed by atoms with E-state index in [1.54, 1.807) is 15.5 Å². The summed E-state index contributed by atoms with van der Waals surface area (Å²) in [6.07, 6.45) is 0.703. The number of rotatable bonds is 6. The lowest BCUT2D eigenvalue weighted by atomic mass is 10.2. The van der Waals surface area contributed by atoms with E-state index in [4.69, 9.17) is 5.11 Å². The van der Waals surface area contributed by atoms with Crippen LogP contribution in [0, 0.1) is 6.92 Å². The van der Waals surface area contributed by atoms with Gasteiger partial charge in [0.1, 0.15) is 0 Å². The van der Waals surface area contributed by atoms with E-state index >= 15 is 0 Å². The summed E-state index contributed by atoms with van der Waals surface area (Å²) in [5, 5.41) is 13.2. The number of aromatic nitrogens is 3. The SMILES string of the molecule is Cc1cccc(=O)n1CCC(=O)N1CCn2nc(CCC(=O)O)cc2C1. The van der Waals surface area contributed by atoms with E-state index in [9.17, 15) is 14.4 Å². The molecule has 2 aromatic heterocycles. The Morgan fingerprint density at radius 2 is 2.04 bits per heavy atom. The van der Waals surface area contributed by atoms with Gasteiger partial charge in [-0.05, 0) is 19.1 Å². The lowest BCUT2D eigenvalue weighted by Crippen LogP contribution is -2.39. The minimum atomic E-state index is -0.848. The minimum absolute atomic E-state index is 0.000288. The first-order valence-electron chi connectivity index (χ1n) is 8.65. The average molecular weight is 358 g/mol. The zero-order valence-electron chi connectivity index (χ0n) is 14.7. The molecule has 0 aromatic carbocycles. The van der Waals surface area contributed by atoms with Crippen LogP contribution >= 0.6 is 0 Å². The van der Waals surface area contributed by atoms with Gasteiger partial charge in [0.2, 0.25) is 5.91 Å². The van der Waals surface area contributed by atoms with E-state index < -0.39 is 5.97 Å². The van der Waals surface area contributed by atoms with Crippen molar-refractivity contribution in [1.82, 2.24) is 19.2 Å². The second kappa shape index (κ2) is 7.55. The fourth-order valence-electron chi connectivity index (χ4n) is 3.17. The summed E-state index contributed by atoms with van der Waals surface area (Å²) in [4.78, 5) is 36.9. The minimum Gasteiger partial charge on any atom is -0.481 e. The molecule has 0 fully saturated rings. The molecule has 0 bridgehead atoms. The average Bonchev–Trinajstić information content (AvgIpc) is 3.01. The number of fused-ring (bicyclic) bond motifs is 1. The van der Waals surface area contributed by atoms with Crippen LogP contribution in [0.15, 0.2) is 29.1 Å². The molecular formula is C18H22N4O4. The Labute approximate surface area is 150 Å². The van der Waals surface area contributed by atoms with Gasteiger partial charge in [0.25, 0.3) is 5.56 Å². The lowest BCUT2D eigenvalue weighted by Gasteiger charge is -2.28. The molecular weight excluding hydrogens is 336 g/mol. The van der Waals surface area contributed by atoms with Crippen molar-refractivity contribution in [2.45, 2.75) is 45.8 Å². The standard InChI is InChI=1S/C18H22N4O4/c1-13-3-2-4-17(24)21(13)8-7-16(23)20-9-10-22-15(12-20)11-14(19-22)5-6-18(25)26/h2-4,11H,5-10,12H2,1H3,(H,25,26). The van der Waals surface area contributed by atoms with Crippen LogP contribution in [0.5, 0.6) is 0 Å². The quantitative estimate of drug-likeness (QED) is 0.824. The monoisotopic (exact) mass is 358 g/mol. The maximum Gasteiger partial charge on any atom is 0.303 e. The zero-order chi connectivity index (χ0) is 18.7. The van der Waals surface area contributed by atoms with Crippen molar-refractivity contribution in [3.63, 3.8) is 0 Å². The van der Waals surface area contributed by atoms with Crippen molar-refractivity contribution in [3.8, 4) is 0 Å². The molecule has 0 radical (unpaired) electrons. The number of aryl methyl sites for hydroxylation is 2. The number of hydrogen-bond donors (Lipinski definition) is 1. The first-order valence-corrected chi connectivity index (χ1v) is 8.65. The zero-order valence-corrected chi connectivity index (χ0v) is 14.7. The van der Waals surface area contributed by atoms with Gasteiger partial charge in [-0.2, -0.15) is 5.10 Å². The first kappa shape index (κ1) is 17.9. The van der Waals surface area contributed by atoms with Gasteiger partial charge in [0.15, 0.2) is 0 Å². The molecule has 0 saturated heterocycles. The summed E-state index contributed by atoms with van der Waals surface area (Å²) < 4.78 is 3.45. The number of carboxylic acid groups (broad SMARTS) is 1. The van der Waals surface area contributed by atoms with Crippen LogP contribution in [0.4, 0.5) is 0 Å². The summed E-state index contributed by atoms with van der Waals surface area (Å²) in [7, 11) is 0. The number of carbonyl (C=O) groups is 2. The van der Waals surface area contributed by atoms with Crippen LogP contribution in [0.2, 0.25) is 0 Å². The Morgan fingerprint density at radius 1 is 1.23 bits per heavy atom.